The number of para-hydroxylation sites is 1. The van der Waals surface area contributed by atoms with Gasteiger partial charge in [0.05, 0.1) is 13.7 Å². The Hall–Kier alpha value is -2.60. The van der Waals surface area contributed by atoms with Crippen LogP contribution in [0, 0.1) is 0 Å². The van der Waals surface area contributed by atoms with E-state index in [0.29, 0.717) is 18.7 Å². The number of carbonyl (C=O) groups excluding carboxylic acids is 2. The standard InChI is InChI=1S/C21H19BrN2O3/c1-27-20(25)13-24-18-8-3-2-7-16(18)17-9-10-23(12-19(17)24)21(26)14-5-4-6-15(22)11-14/h2-8,11H,9-10,12-13H2,1H3. The number of nitrogens with zero attached hydrogens (tertiary/aromatic N) is 2. The molecule has 0 saturated heterocycles. The summed E-state index contributed by atoms with van der Waals surface area (Å²) in [6.07, 6.45) is 0.768. The molecule has 0 spiro atoms. The summed E-state index contributed by atoms with van der Waals surface area (Å²) < 4.78 is 7.74. The number of benzene rings is 2. The molecule has 0 unspecified atom stereocenters. The summed E-state index contributed by atoms with van der Waals surface area (Å²) in [7, 11) is 1.39. The first-order valence-electron chi connectivity index (χ1n) is 8.79. The van der Waals surface area contributed by atoms with Crippen LogP contribution in [0.3, 0.4) is 0 Å². The lowest BCUT2D eigenvalue weighted by molar-refractivity contribution is -0.141. The molecule has 2 aromatic carbocycles. The van der Waals surface area contributed by atoms with Crippen molar-refractivity contribution in [3.8, 4) is 0 Å². The van der Waals surface area contributed by atoms with Crippen LogP contribution in [-0.2, 0) is 29.0 Å². The van der Waals surface area contributed by atoms with E-state index < -0.39 is 0 Å². The van der Waals surface area contributed by atoms with E-state index in [9.17, 15) is 9.59 Å². The average molecular weight is 427 g/mol. The molecule has 0 N–H and O–H groups in total. The third kappa shape index (κ3) is 3.25. The molecule has 1 aliphatic heterocycles. The molecule has 6 heteroatoms. The summed E-state index contributed by atoms with van der Waals surface area (Å²) in [5.41, 5.74) is 3.89. The Morgan fingerprint density at radius 1 is 1.15 bits per heavy atom. The van der Waals surface area contributed by atoms with Crippen molar-refractivity contribution < 1.29 is 14.3 Å². The van der Waals surface area contributed by atoms with E-state index in [1.165, 1.54) is 12.7 Å². The molecule has 0 bridgehead atoms. The number of esters is 1. The molecule has 5 nitrogen and oxygen atoms in total. The Morgan fingerprint density at radius 2 is 1.96 bits per heavy atom. The normalized spacial score (nSPS) is 13.5. The Balaban J connectivity index is 1.73. The topological polar surface area (TPSA) is 51.5 Å². The van der Waals surface area contributed by atoms with Gasteiger partial charge in [-0.3, -0.25) is 9.59 Å². The molecule has 1 aromatic heterocycles. The number of carbonyl (C=O) groups is 2. The fourth-order valence-corrected chi connectivity index (χ4v) is 4.15. The fraction of sp³-hybridized carbons (Fsp3) is 0.238. The van der Waals surface area contributed by atoms with Gasteiger partial charge in [0.2, 0.25) is 0 Å². The smallest absolute Gasteiger partial charge is 0.325 e. The van der Waals surface area contributed by atoms with E-state index in [2.05, 4.69) is 22.0 Å². The van der Waals surface area contributed by atoms with Crippen LogP contribution >= 0.6 is 15.9 Å². The molecule has 0 atom stereocenters. The van der Waals surface area contributed by atoms with Gasteiger partial charge < -0.3 is 14.2 Å². The Labute approximate surface area is 165 Å². The molecule has 3 aromatic rings. The van der Waals surface area contributed by atoms with Gasteiger partial charge in [-0.25, -0.2) is 0 Å². The number of fused-ring (bicyclic) bond motifs is 3. The molecule has 0 radical (unpaired) electrons. The number of hydrogen-bond acceptors (Lipinski definition) is 3. The first-order valence-corrected chi connectivity index (χ1v) is 9.58. The van der Waals surface area contributed by atoms with Crippen molar-refractivity contribution in [3.63, 3.8) is 0 Å². The SMILES string of the molecule is COC(=O)Cn1c2c(c3ccccc31)CCN(C(=O)c1cccc(Br)c1)C2. The van der Waals surface area contributed by atoms with Crippen LogP contribution in [0.2, 0.25) is 0 Å². The van der Waals surface area contributed by atoms with Crippen LogP contribution in [0.1, 0.15) is 21.6 Å². The highest BCUT2D eigenvalue weighted by Gasteiger charge is 2.27. The largest absolute Gasteiger partial charge is 0.468 e. The second-order valence-corrected chi connectivity index (χ2v) is 7.51. The maximum absolute atomic E-state index is 13.0. The van der Waals surface area contributed by atoms with Crippen LogP contribution in [0.5, 0.6) is 0 Å². The van der Waals surface area contributed by atoms with Crippen molar-refractivity contribution in [3.05, 3.63) is 69.8 Å². The lowest BCUT2D eigenvalue weighted by Crippen LogP contribution is -2.37. The maximum Gasteiger partial charge on any atom is 0.325 e. The lowest BCUT2D eigenvalue weighted by Gasteiger charge is -2.28. The van der Waals surface area contributed by atoms with E-state index in [0.717, 1.165) is 27.5 Å². The Morgan fingerprint density at radius 3 is 2.74 bits per heavy atom. The molecule has 4 rings (SSSR count). The van der Waals surface area contributed by atoms with Crippen LogP contribution in [0.25, 0.3) is 10.9 Å². The monoisotopic (exact) mass is 426 g/mol. The van der Waals surface area contributed by atoms with E-state index in [-0.39, 0.29) is 18.4 Å². The van der Waals surface area contributed by atoms with Gasteiger partial charge in [-0.15, -0.1) is 0 Å². The summed E-state index contributed by atoms with van der Waals surface area (Å²) in [5.74, 6) is -0.300. The van der Waals surface area contributed by atoms with Gasteiger partial charge >= 0.3 is 5.97 Å². The van der Waals surface area contributed by atoms with Crippen LogP contribution in [-0.4, -0.2) is 35.0 Å². The minimum atomic E-state index is -0.297. The third-order valence-corrected chi connectivity index (χ3v) is 5.53. The molecule has 0 aliphatic carbocycles. The highest BCUT2D eigenvalue weighted by Crippen LogP contribution is 2.31. The predicted octanol–water partition coefficient (Wildman–Crippen LogP) is 3.78. The van der Waals surface area contributed by atoms with Crippen LogP contribution < -0.4 is 0 Å². The fourth-order valence-electron chi connectivity index (χ4n) is 3.75. The molecule has 1 aliphatic rings. The summed E-state index contributed by atoms with van der Waals surface area (Å²) in [4.78, 5) is 26.8. The Kier molecular flexibility index (Phi) is 4.74. The van der Waals surface area contributed by atoms with Crippen LogP contribution in [0.15, 0.2) is 53.0 Å². The molecule has 0 fully saturated rings. The summed E-state index contributed by atoms with van der Waals surface area (Å²) in [5, 5.41) is 1.14. The van der Waals surface area contributed by atoms with Crippen molar-refractivity contribution in [2.75, 3.05) is 13.7 Å². The molecule has 2 heterocycles. The molecule has 27 heavy (non-hydrogen) atoms. The first kappa shape index (κ1) is 17.8. The molecule has 138 valence electrons. The summed E-state index contributed by atoms with van der Waals surface area (Å²) in [6, 6.07) is 15.5. The minimum Gasteiger partial charge on any atom is -0.468 e. The number of methoxy groups -OCH3 is 1. The number of rotatable bonds is 3. The zero-order valence-electron chi connectivity index (χ0n) is 14.9. The molecule has 0 saturated carbocycles. The van der Waals surface area contributed by atoms with Crippen molar-refractivity contribution >= 4 is 38.7 Å². The summed E-state index contributed by atoms with van der Waals surface area (Å²) >= 11 is 3.42. The van der Waals surface area contributed by atoms with Crippen molar-refractivity contribution in [2.24, 2.45) is 0 Å². The van der Waals surface area contributed by atoms with Crippen molar-refractivity contribution in [1.82, 2.24) is 9.47 Å². The van der Waals surface area contributed by atoms with Gasteiger partial charge in [-0.05, 0) is 36.2 Å². The van der Waals surface area contributed by atoms with E-state index in [1.807, 2.05) is 51.9 Å². The summed E-state index contributed by atoms with van der Waals surface area (Å²) in [6.45, 7) is 1.28. The number of amides is 1. The zero-order valence-corrected chi connectivity index (χ0v) is 16.5. The van der Waals surface area contributed by atoms with Gasteiger partial charge in [0.15, 0.2) is 0 Å². The van der Waals surface area contributed by atoms with Gasteiger partial charge in [-0.2, -0.15) is 0 Å². The van der Waals surface area contributed by atoms with Gasteiger partial charge in [0.25, 0.3) is 5.91 Å². The second-order valence-electron chi connectivity index (χ2n) is 6.59. The van der Waals surface area contributed by atoms with Crippen molar-refractivity contribution in [2.45, 2.75) is 19.5 Å². The van der Waals surface area contributed by atoms with E-state index in [1.54, 1.807) is 0 Å². The van der Waals surface area contributed by atoms with E-state index in [4.69, 9.17) is 4.74 Å². The molecular formula is C21H19BrN2O3. The number of hydrogen-bond donors (Lipinski definition) is 0. The number of halogens is 1. The zero-order chi connectivity index (χ0) is 19.0. The van der Waals surface area contributed by atoms with Crippen LogP contribution in [0.4, 0.5) is 0 Å². The van der Waals surface area contributed by atoms with Gasteiger partial charge in [0.1, 0.15) is 6.54 Å². The molecule has 1 amide bonds. The number of aromatic nitrogens is 1. The van der Waals surface area contributed by atoms with Crippen molar-refractivity contribution in [1.29, 1.82) is 0 Å². The predicted molar refractivity (Wildman–Crippen MR) is 107 cm³/mol. The highest BCUT2D eigenvalue weighted by atomic mass is 79.9. The third-order valence-electron chi connectivity index (χ3n) is 5.04. The first-order chi connectivity index (χ1) is 13.1. The molecular weight excluding hydrogens is 408 g/mol. The lowest BCUT2D eigenvalue weighted by atomic mass is 10.0. The second kappa shape index (κ2) is 7.19. The van der Waals surface area contributed by atoms with Gasteiger partial charge in [-0.1, -0.05) is 40.2 Å². The maximum atomic E-state index is 13.0. The minimum absolute atomic E-state index is 0.00294. The number of ether oxygens (including phenoxy) is 1. The van der Waals surface area contributed by atoms with Gasteiger partial charge in [0, 0.05) is 33.2 Å². The quantitative estimate of drug-likeness (QED) is 0.598. The van der Waals surface area contributed by atoms with E-state index >= 15 is 0 Å². The Bertz CT molecular complexity index is 1040. The highest BCUT2D eigenvalue weighted by molar-refractivity contribution is 9.10. The average Bonchev–Trinajstić information content (AvgIpc) is 3.00.